The van der Waals surface area contributed by atoms with Crippen molar-refractivity contribution in [2.75, 3.05) is 0 Å². The van der Waals surface area contributed by atoms with E-state index in [1.165, 1.54) is 29.1 Å². The van der Waals surface area contributed by atoms with Gasteiger partial charge in [0.15, 0.2) is 5.78 Å². The third-order valence-electron chi connectivity index (χ3n) is 3.79. The lowest BCUT2D eigenvalue weighted by Gasteiger charge is -2.09. The van der Waals surface area contributed by atoms with E-state index in [9.17, 15) is 14.0 Å². The first-order chi connectivity index (χ1) is 11.0. The van der Waals surface area contributed by atoms with Crippen LogP contribution in [0.3, 0.4) is 0 Å². The van der Waals surface area contributed by atoms with Gasteiger partial charge in [0.1, 0.15) is 5.82 Å². The van der Waals surface area contributed by atoms with Gasteiger partial charge in [-0.1, -0.05) is 17.7 Å². The molecule has 5 heteroatoms. The smallest absolute Gasteiger partial charge is 0.261 e. The molecule has 0 bridgehead atoms. The van der Waals surface area contributed by atoms with E-state index in [1.807, 2.05) is 32.0 Å². The van der Waals surface area contributed by atoms with E-state index >= 15 is 0 Å². The van der Waals surface area contributed by atoms with Gasteiger partial charge in [0.05, 0.1) is 23.8 Å². The predicted octanol–water partition coefficient (Wildman–Crippen LogP) is 3.04. The van der Waals surface area contributed by atoms with Crippen LogP contribution < -0.4 is 5.56 Å². The molecular weight excluding hydrogens is 295 g/mol. The van der Waals surface area contributed by atoms with Gasteiger partial charge in [-0.15, -0.1) is 0 Å². The topological polar surface area (TPSA) is 52.0 Å². The van der Waals surface area contributed by atoms with Crippen LogP contribution in [0.4, 0.5) is 4.39 Å². The van der Waals surface area contributed by atoms with Gasteiger partial charge in [-0.3, -0.25) is 14.2 Å². The van der Waals surface area contributed by atoms with E-state index in [4.69, 9.17) is 0 Å². The van der Waals surface area contributed by atoms with Crippen LogP contribution in [0.2, 0.25) is 0 Å². The Morgan fingerprint density at radius 2 is 1.96 bits per heavy atom. The monoisotopic (exact) mass is 310 g/mol. The Hall–Kier alpha value is -2.82. The molecule has 1 aromatic heterocycles. The largest absolute Gasteiger partial charge is 0.292 e. The lowest BCUT2D eigenvalue weighted by molar-refractivity contribution is 0.0970. The minimum Gasteiger partial charge on any atom is -0.292 e. The van der Waals surface area contributed by atoms with Gasteiger partial charge in [0.25, 0.3) is 5.56 Å². The summed E-state index contributed by atoms with van der Waals surface area (Å²) in [5, 5.41) is 0.294. The maximum atomic E-state index is 13.2. The first kappa shape index (κ1) is 15.1. The SMILES string of the molecule is Cc1ccc(C)c(C(=O)Cn2cnc3cc(F)ccc3c2=O)c1. The van der Waals surface area contributed by atoms with Crippen LogP contribution in [0.1, 0.15) is 21.5 Å². The number of rotatable bonds is 3. The number of nitrogens with zero attached hydrogens (tertiary/aromatic N) is 2. The minimum absolute atomic E-state index is 0.0938. The third kappa shape index (κ3) is 2.90. The summed E-state index contributed by atoms with van der Waals surface area (Å²) in [4.78, 5) is 28.9. The number of benzene rings is 2. The normalized spacial score (nSPS) is 10.9. The van der Waals surface area contributed by atoms with Gasteiger partial charge in [0, 0.05) is 11.6 Å². The van der Waals surface area contributed by atoms with Gasteiger partial charge in [-0.05, 0) is 37.6 Å². The number of fused-ring (bicyclic) bond motifs is 1. The Bertz CT molecular complexity index is 976. The number of carbonyl (C=O) groups is 1. The highest BCUT2D eigenvalue weighted by Gasteiger charge is 2.12. The highest BCUT2D eigenvalue weighted by Crippen LogP contribution is 2.13. The van der Waals surface area contributed by atoms with Crippen LogP contribution in [0, 0.1) is 19.7 Å². The Labute approximate surface area is 132 Å². The van der Waals surface area contributed by atoms with Crippen molar-refractivity contribution in [3.05, 3.63) is 75.6 Å². The standard InChI is InChI=1S/C18H15FN2O2/c1-11-3-4-12(2)15(7-11)17(22)9-21-10-20-16-8-13(19)5-6-14(16)18(21)23/h3-8,10H,9H2,1-2H3. The van der Waals surface area contributed by atoms with Crippen molar-refractivity contribution in [3.63, 3.8) is 0 Å². The molecule has 0 fully saturated rings. The predicted molar refractivity (Wildman–Crippen MR) is 86.2 cm³/mol. The molecule has 0 saturated heterocycles. The van der Waals surface area contributed by atoms with E-state index in [0.29, 0.717) is 10.9 Å². The number of Topliss-reactive ketones (excluding diaryl/α,β-unsaturated/α-hetero) is 1. The second kappa shape index (κ2) is 5.76. The fourth-order valence-electron chi connectivity index (χ4n) is 2.52. The number of hydrogen-bond acceptors (Lipinski definition) is 3. The fraction of sp³-hybridized carbons (Fsp3) is 0.167. The zero-order valence-electron chi connectivity index (χ0n) is 12.8. The maximum absolute atomic E-state index is 13.2. The van der Waals surface area contributed by atoms with E-state index in [2.05, 4.69) is 4.98 Å². The summed E-state index contributed by atoms with van der Waals surface area (Å²) in [7, 11) is 0. The quantitative estimate of drug-likeness (QED) is 0.699. The molecule has 23 heavy (non-hydrogen) atoms. The molecule has 116 valence electrons. The average Bonchev–Trinajstić information content (AvgIpc) is 2.52. The number of aromatic nitrogens is 2. The van der Waals surface area contributed by atoms with Crippen LogP contribution in [-0.2, 0) is 6.54 Å². The summed E-state index contributed by atoms with van der Waals surface area (Å²) >= 11 is 0. The van der Waals surface area contributed by atoms with Crippen molar-refractivity contribution in [1.82, 2.24) is 9.55 Å². The van der Waals surface area contributed by atoms with Crippen LogP contribution >= 0.6 is 0 Å². The zero-order valence-corrected chi connectivity index (χ0v) is 12.8. The molecule has 0 aliphatic carbocycles. The van der Waals surface area contributed by atoms with E-state index in [0.717, 1.165) is 11.1 Å². The second-order valence-corrected chi connectivity index (χ2v) is 5.58. The molecule has 1 heterocycles. The number of hydrogen-bond donors (Lipinski definition) is 0. The summed E-state index contributed by atoms with van der Waals surface area (Å²) < 4.78 is 14.4. The van der Waals surface area contributed by atoms with Gasteiger partial charge in [-0.2, -0.15) is 0 Å². The molecule has 0 aliphatic heterocycles. The van der Waals surface area contributed by atoms with Gasteiger partial charge < -0.3 is 0 Å². The molecule has 0 radical (unpaired) electrons. The number of ketones is 1. The molecular formula is C18H15FN2O2. The molecule has 0 atom stereocenters. The molecule has 0 N–H and O–H groups in total. The highest BCUT2D eigenvalue weighted by molar-refractivity contribution is 5.97. The van der Waals surface area contributed by atoms with Crippen molar-refractivity contribution < 1.29 is 9.18 Å². The molecule has 0 spiro atoms. The lowest BCUT2D eigenvalue weighted by atomic mass is 10.0. The molecule has 3 aromatic rings. The zero-order chi connectivity index (χ0) is 16.6. The van der Waals surface area contributed by atoms with Crippen molar-refractivity contribution in [1.29, 1.82) is 0 Å². The van der Waals surface area contributed by atoms with Crippen LogP contribution in [-0.4, -0.2) is 15.3 Å². The summed E-state index contributed by atoms with van der Waals surface area (Å²) in [6, 6.07) is 9.43. The third-order valence-corrected chi connectivity index (χ3v) is 3.79. The number of aryl methyl sites for hydroxylation is 2. The molecule has 0 aliphatic rings. The first-order valence-corrected chi connectivity index (χ1v) is 7.21. The number of halogens is 1. The minimum atomic E-state index is -0.450. The molecule has 2 aromatic carbocycles. The average molecular weight is 310 g/mol. The van der Waals surface area contributed by atoms with E-state index < -0.39 is 5.82 Å². The Morgan fingerprint density at radius 3 is 2.74 bits per heavy atom. The highest BCUT2D eigenvalue weighted by atomic mass is 19.1. The molecule has 0 unspecified atom stereocenters. The summed E-state index contributed by atoms with van der Waals surface area (Å²) in [5.74, 6) is -0.606. The van der Waals surface area contributed by atoms with Crippen molar-refractivity contribution >= 4 is 16.7 Å². The fourth-order valence-corrected chi connectivity index (χ4v) is 2.52. The van der Waals surface area contributed by atoms with Gasteiger partial charge in [-0.25, -0.2) is 9.37 Å². The van der Waals surface area contributed by atoms with E-state index in [-0.39, 0.29) is 23.4 Å². The Morgan fingerprint density at radius 1 is 1.17 bits per heavy atom. The second-order valence-electron chi connectivity index (χ2n) is 5.58. The number of carbonyl (C=O) groups excluding carboxylic acids is 1. The summed E-state index contributed by atoms with van der Waals surface area (Å²) in [6.45, 7) is 3.68. The van der Waals surface area contributed by atoms with Crippen molar-refractivity contribution in [2.45, 2.75) is 20.4 Å². The van der Waals surface area contributed by atoms with Crippen LogP contribution in [0.25, 0.3) is 10.9 Å². The van der Waals surface area contributed by atoms with Crippen LogP contribution in [0.5, 0.6) is 0 Å². The van der Waals surface area contributed by atoms with Crippen LogP contribution in [0.15, 0.2) is 47.5 Å². The Kier molecular flexibility index (Phi) is 3.78. The van der Waals surface area contributed by atoms with Gasteiger partial charge >= 0.3 is 0 Å². The Balaban J connectivity index is 2.00. The lowest BCUT2D eigenvalue weighted by Crippen LogP contribution is -2.25. The maximum Gasteiger partial charge on any atom is 0.261 e. The van der Waals surface area contributed by atoms with Crippen molar-refractivity contribution in [3.8, 4) is 0 Å². The summed E-state index contributed by atoms with van der Waals surface area (Å²) in [5.41, 5.74) is 2.37. The molecule has 4 nitrogen and oxygen atoms in total. The van der Waals surface area contributed by atoms with E-state index in [1.54, 1.807) is 0 Å². The first-order valence-electron chi connectivity index (χ1n) is 7.21. The molecule has 0 saturated carbocycles. The van der Waals surface area contributed by atoms with Crippen molar-refractivity contribution in [2.24, 2.45) is 0 Å². The summed E-state index contributed by atoms with van der Waals surface area (Å²) in [6.07, 6.45) is 1.28. The van der Waals surface area contributed by atoms with Gasteiger partial charge in [0.2, 0.25) is 0 Å². The molecule has 0 amide bonds. The molecule has 3 rings (SSSR count).